The first-order valence-electron chi connectivity index (χ1n) is 7.07. The minimum absolute atomic E-state index is 0.329. The van der Waals surface area contributed by atoms with Crippen LogP contribution in [-0.2, 0) is 11.3 Å². The van der Waals surface area contributed by atoms with Crippen LogP contribution < -0.4 is 0 Å². The summed E-state index contributed by atoms with van der Waals surface area (Å²) >= 11 is 0. The molecular weight excluding hydrogens is 285 g/mol. The summed E-state index contributed by atoms with van der Waals surface area (Å²) in [5.74, 6) is -0.390. The highest BCUT2D eigenvalue weighted by atomic mass is 19.1. The maximum atomic E-state index is 13.4. The van der Waals surface area contributed by atoms with E-state index in [2.05, 4.69) is 4.98 Å². The Morgan fingerprint density at radius 3 is 2.73 bits per heavy atom. The number of hydrogen-bond acceptors (Lipinski definition) is 3. The minimum atomic E-state index is -0.948. The summed E-state index contributed by atoms with van der Waals surface area (Å²) in [4.78, 5) is 17.5. The van der Waals surface area contributed by atoms with Gasteiger partial charge in [0, 0.05) is 25.5 Å². The summed E-state index contributed by atoms with van der Waals surface area (Å²) in [6.07, 6.45) is 3.58. The summed E-state index contributed by atoms with van der Waals surface area (Å²) < 4.78 is 15.3. The molecule has 1 atom stereocenters. The van der Waals surface area contributed by atoms with Crippen molar-refractivity contribution in [3.63, 3.8) is 0 Å². The van der Waals surface area contributed by atoms with Gasteiger partial charge in [0.25, 0.3) is 0 Å². The Bertz CT molecular complexity index is 669. The van der Waals surface area contributed by atoms with Gasteiger partial charge in [-0.15, -0.1) is 0 Å². The Hall–Kier alpha value is -2.21. The Labute approximate surface area is 129 Å². The van der Waals surface area contributed by atoms with Crippen LogP contribution in [0.15, 0.2) is 30.6 Å². The van der Waals surface area contributed by atoms with Gasteiger partial charge in [-0.2, -0.15) is 0 Å². The number of carbonyl (C=O) groups is 1. The van der Waals surface area contributed by atoms with Crippen LogP contribution in [0.3, 0.4) is 0 Å². The van der Waals surface area contributed by atoms with Crippen molar-refractivity contribution in [1.29, 1.82) is 0 Å². The summed E-state index contributed by atoms with van der Waals surface area (Å²) in [5.41, 5.74) is 1.03. The molecule has 0 radical (unpaired) electrons. The van der Waals surface area contributed by atoms with Gasteiger partial charge >= 0.3 is 5.97 Å². The fraction of sp³-hybridized carbons (Fsp3) is 0.375. The third-order valence-corrected chi connectivity index (χ3v) is 3.79. The Morgan fingerprint density at radius 2 is 2.18 bits per heavy atom. The standard InChI is InChI=1S/C16H20FN3O2/c1-11-10-13(4-5-14(11)17)15(16(21)22)19(3)8-9-20-7-6-18-12(20)2/h4-7,10,15H,8-9H2,1-3H3,(H,21,22). The van der Waals surface area contributed by atoms with Gasteiger partial charge in [0.15, 0.2) is 0 Å². The van der Waals surface area contributed by atoms with E-state index in [1.54, 1.807) is 31.1 Å². The van der Waals surface area contributed by atoms with E-state index in [1.165, 1.54) is 12.1 Å². The van der Waals surface area contributed by atoms with E-state index >= 15 is 0 Å². The van der Waals surface area contributed by atoms with E-state index < -0.39 is 12.0 Å². The number of carboxylic acids is 1. The van der Waals surface area contributed by atoms with Gasteiger partial charge in [0.05, 0.1) is 0 Å². The van der Waals surface area contributed by atoms with E-state index in [0.29, 0.717) is 24.2 Å². The highest BCUT2D eigenvalue weighted by molar-refractivity contribution is 5.75. The van der Waals surface area contributed by atoms with Crippen LogP contribution >= 0.6 is 0 Å². The number of likely N-dealkylation sites (N-methyl/N-ethyl adjacent to an activating group) is 1. The van der Waals surface area contributed by atoms with E-state index in [1.807, 2.05) is 17.7 Å². The zero-order chi connectivity index (χ0) is 16.3. The minimum Gasteiger partial charge on any atom is -0.480 e. The third kappa shape index (κ3) is 3.51. The largest absolute Gasteiger partial charge is 0.480 e. The van der Waals surface area contributed by atoms with Gasteiger partial charge < -0.3 is 9.67 Å². The van der Waals surface area contributed by atoms with Crippen molar-refractivity contribution in [3.05, 3.63) is 53.4 Å². The molecule has 0 saturated carbocycles. The van der Waals surface area contributed by atoms with Crippen molar-refractivity contribution in [2.75, 3.05) is 13.6 Å². The second kappa shape index (κ2) is 6.70. The predicted octanol–water partition coefficient (Wildman–Crippen LogP) is 2.40. The lowest BCUT2D eigenvalue weighted by Crippen LogP contribution is -2.33. The SMILES string of the molecule is Cc1cc(C(C(=O)O)N(C)CCn2ccnc2C)ccc1F. The average Bonchev–Trinajstić information content (AvgIpc) is 2.86. The highest BCUT2D eigenvalue weighted by Gasteiger charge is 2.25. The van der Waals surface area contributed by atoms with E-state index in [4.69, 9.17) is 0 Å². The quantitative estimate of drug-likeness (QED) is 0.890. The van der Waals surface area contributed by atoms with Crippen molar-refractivity contribution in [3.8, 4) is 0 Å². The molecule has 1 aromatic heterocycles. The zero-order valence-corrected chi connectivity index (χ0v) is 13.0. The Kier molecular flexibility index (Phi) is 4.92. The van der Waals surface area contributed by atoms with Crippen LogP contribution in [0.5, 0.6) is 0 Å². The molecule has 0 aliphatic heterocycles. The second-order valence-corrected chi connectivity index (χ2v) is 5.40. The van der Waals surface area contributed by atoms with Gasteiger partial charge in [-0.05, 0) is 38.1 Å². The maximum absolute atomic E-state index is 13.4. The van der Waals surface area contributed by atoms with Crippen molar-refractivity contribution in [1.82, 2.24) is 14.5 Å². The van der Waals surface area contributed by atoms with Gasteiger partial charge in [-0.1, -0.05) is 12.1 Å². The second-order valence-electron chi connectivity index (χ2n) is 5.40. The lowest BCUT2D eigenvalue weighted by molar-refractivity contribution is -0.143. The molecule has 6 heteroatoms. The lowest BCUT2D eigenvalue weighted by Gasteiger charge is -2.25. The Morgan fingerprint density at radius 1 is 1.45 bits per heavy atom. The number of nitrogens with zero attached hydrogens (tertiary/aromatic N) is 3. The summed E-state index contributed by atoms with van der Waals surface area (Å²) in [6.45, 7) is 4.72. The number of aliphatic carboxylic acids is 1. The van der Waals surface area contributed by atoms with Crippen LogP contribution in [0.4, 0.5) is 4.39 Å². The number of aromatic nitrogens is 2. The van der Waals surface area contributed by atoms with Gasteiger partial charge in [-0.25, -0.2) is 9.37 Å². The molecule has 5 nitrogen and oxygen atoms in total. The highest BCUT2D eigenvalue weighted by Crippen LogP contribution is 2.22. The molecule has 0 bridgehead atoms. The lowest BCUT2D eigenvalue weighted by atomic mass is 10.0. The molecule has 1 aromatic carbocycles. The monoisotopic (exact) mass is 305 g/mol. The van der Waals surface area contributed by atoms with E-state index in [9.17, 15) is 14.3 Å². The third-order valence-electron chi connectivity index (χ3n) is 3.79. The number of hydrogen-bond donors (Lipinski definition) is 1. The molecule has 22 heavy (non-hydrogen) atoms. The van der Waals surface area contributed by atoms with Gasteiger partial charge in [0.1, 0.15) is 17.7 Å². The fourth-order valence-corrected chi connectivity index (χ4v) is 2.46. The molecule has 0 aliphatic carbocycles. The van der Waals surface area contributed by atoms with Crippen LogP contribution in [0.25, 0.3) is 0 Å². The van der Waals surface area contributed by atoms with Crippen LogP contribution in [0.2, 0.25) is 0 Å². The molecule has 2 rings (SSSR count). The fourth-order valence-electron chi connectivity index (χ4n) is 2.46. The predicted molar refractivity (Wildman–Crippen MR) is 81.1 cm³/mol. The zero-order valence-electron chi connectivity index (χ0n) is 13.0. The van der Waals surface area contributed by atoms with Crippen molar-refractivity contribution in [2.45, 2.75) is 26.4 Å². The van der Waals surface area contributed by atoms with Crippen LogP contribution in [0, 0.1) is 19.7 Å². The summed E-state index contributed by atoms with van der Waals surface area (Å²) in [6, 6.07) is 3.63. The number of imidazole rings is 1. The average molecular weight is 305 g/mol. The van der Waals surface area contributed by atoms with E-state index in [0.717, 1.165) is 5.82 Å². The molecule has 1 heterocycles. The molecule has 0 amide bonds. The van der Waals surface area contributed by atoms with Crippen LogP contribution in [-0.4, -0.2) is 39.1 Å². The molecule has 1 unspecified atom stereocenters. The molecule has 2 aromatic rings. The van der Waals surface area contributed by atoms with Gasteiger partial charge in [0.2, 0.25) is 0 Å². The normalized spacial score (nSPS) is 12.6. The van der Waals surface area contributed by atoms with Crippen LogP contribution in [0.1, 0.15) is 23.0 Å². The molecule has 118 valence electrons. The molecule has 0 aliphatic rings. The topological polar surface area (TPSA) is 58.4 Å². The van der Waals surface area contributed by atoms with Gasteiger partial charge in [-0.3, -0.25) is 9.69 Å². The smallest absolute Gasteiger partial charge is 0.325 e. The van der Waals surface area contributed by atoms with Crippen molar-refractivity contribution in [2.24, 2.45) is 0 Å². The number of rotatable bonds is 6. The number of aryl methyl sites for hydroxylation is 2. The molecule has 0 saturated heterocycles. The molecule has 0 fully saturated rings. The van der Waals surface area contributed by atoms with E-state index in [-0.39, 0.29) is 5.82 Å². The molecule has 1 N–H and O–H groups in total. The van der Waals surface area contributed by atoms with Crippen molar-refractivity contribution < 1.29 is 14.3 Å². The molecular formula is C16H20FN3O2. The maximum Gasteiger partial charge on any atom is 0.325 e. The number of benzene rings is 1. The number of carboxylic acid groups (broad SMARTS) is 1. The molecule has 0 spiro atoms. The summed E-state index contributed by atoms with van der Waals surface area (Å²) in [5, 5.41) is 9.51. The Balaban J connectivity index is 2.14. The number of halogens is 1. The first-order chi connectivity index (χ1) is 10.4. The first-order valence-corrected chi connectivity index (χ1v) is 7.07. The summed E-state index contributed by atoms with van der Waals surface area (Å²) in [7, 11) is 1.75. The van der Waals surface area contributed by atoms with Crippen molar-refractivity contribution >= 4 is 5.97 Å². The first kappa shape index (κ1) is 16.2.